The highest BCUT2D eigenvalue weighted by atomic mass is 35.5. The number of phenols is 1. The second-order valence-corrected chi connectivity index (χ2v) is 5.57. The summed E-state index contributed by atoms with van der Waals surface area (Å²) >= 11 is 5.77. The smallest absolute Gasteiger partial charge is 0.251 e. The third-order valence-corrected chi connectivity index (χ3v) is 3.87. The molecule has 1 aliphatic rings. The Bertz CT molecular complexity index is 447. The molecule has 1 fully saturated rings. The van der Waals surface area contributed by atoms with E-state index in [1.54, 1.807) is 6.07 Å². The number of carbonyl (C=O) groups is 1. The second kappa shape index (κ2) is 5.61. The van der Waals surface area contributed by atoms with Crippen LogP contribution in [0.2, 0.25) is 5.02 Å². The maximum absolute atomic E-state index is 11.9. The van der Waals surface area contributed by atoms with Crippen molar-refractivity contribution in [1.29, 1.82) is 0 Å². The summed E-state index contributed by atoms with van der Waals surface area (Å²) in [5, 5.41) is 12.4. The highest BCUT2D eigenvalue weighted by molar-refractivity contribution is 6.32. The first-order chi connectivity index (χ1) is 8.56. The van der Waals surface area contributed by atoms with E-state index in [1.165, 1.54) is 31.4 Å². The third kappa shape index (κ3) is 3.16. The highest BCUT2D eigenvalue weighted by Crippen LogP contribution is 2.29. The fourth-order valence-electron chi connectivity index (χ4n) is 2.50. The van der Waals surface area contributed by atoms with Crippen molar-refractivity contribution in [2.24, 2.45) is 11.8 Å². The Hall–Kier alpha value is -1.22. The first kappa shape index (κ1) is 13.2. The summed E-state index contributed by atoms with van der Waals surface area (Å²) in [5.74, 6) is 1.24. The van der Waals surface area contributed by atoms with Gasteiger partial charge in [0.05, 0.1) is 5.02 Å². The maximum Gasteiger partial charge on any atom is 0.251 e. The Labute approximate surface area is 112 Å². The lowest BCUT2D eigenvalue weighted by molar-refractivity contribution is 0.0947. The molecule has 4 heteroatoms. The van der Waals surface area contributed by atoms with E-state index in [0.29, 0.717) is 11.5 Å². The van der Waals surface area contributed by atoms with Crippen LogP contribution in [0.25, 0.3) is 0 Å². The molecule has 0 aliphatic heterocycles. The van der Waals surface area contributed by atoms with Crippen molar-refractivity contribution in [3.63, 3.8) is 0 Å². The van der Waals surface area contributed by atoms with E-state index in [1.807, 2.05) is 0 Å². The number of hydrogen-bond acceptors (Lipinski definition) is 2. The van der Waals surface area contributed by atoms with Gasteiger partial charge in [-0.3, -0.25) is 4.79 Å². The molecule has 1 amide bonds. The molecule has 2 N–H and O–H groups in total. The Morgan fingerprint density at radius 1 is 1.50 bits per heavy atom. The standard InChI is InChI=1S/C14H18ClNO2/c1-9-2-3-10(6-9)8-16-14(18)11-4-5-13(17)12(15)7-11/h4-5,7,9-10,17H,2-3,6,8H2,1H3,(H,16,18). The lowest BCUT2D eigenvalue weighted by Gasteiger charge is -2.11. The number of carbonyl (C=O) groups excluding carboxylic acids is 1. The van der Waals surface area contributed by atoms with Crippen LogP contribution in [0.1, 0.15) is 36.5 Å². The monoisotopic (exact) mass is 267 g/mol. The van der Waals surface area contributed by atoms with Crippen LogP contribution in [0.15, 0.2) is 18.2 Å². The summed E-state index contributed by atoms with van der Waals surface area (Å²) in [6, 6.07) is 4.51. The predicted molar refractivity (Wildman–Crippen MR) is 72.0 cm³/mol. The van der Waals surface area contributed by atoms with Gasteiger partial charge in [0.25, 0.3) is 5.91 Å². The van der Waals surface area contributed by atoms with Gasteiger partial charge in [-0.15, -0.1) is 0 Å². The summed E-state index contributed by atoms with van der Waals surface area (Å²) in [6.07, 6.45) is 3.64. The van der Waals surface area contributed by atoms with Gasteiger partial charge in [0, 0.05) is 12.1 Å². The Balaban J connectivity index is 1.89. The van der Waals surface area contributed by atoms with Crippen LogP contribution in [-0.2, 0) is 0 Å². The SMILES string of the molecule is CC1CCC(CNC(=O)c2ccc(O)c(Cl)c2)C1. The van der Waals surface area contributed by atoms with Crippen LogP contribution < -0.4 is 5.32 Å². The quantitative estimate of drug-likeness (QED) is 0.883. The van der Waals surface area contributed by atoms with E-state index < -0.39 is 0 Å². The lowest BCUT2D eigenvalue weighted by Crippen LogP contribution is -2.28. The number of phenolic OH excluding ortho intramolecular Hbond substituents is 1. The van der Waals surface area contributed by atoms with Gasteiger partial charge in [0.15, 0.2) is 0 Å². The van der Waals surface area contributed by atoms with E-state index in [2.05, 4.69) is 12.2 Å². The van der Waals surface area contributed by atoms with Crippen molar-refractivity contribution in [3.8, 4) is 5.75 Å². The number of hydrogen-bond donors (Lipinski definition) is 2. The Morgan fingerprint density at radius 2 is 2.28 bits per heavy atom. The summed E-state index contributed by atoms with van der Waals surface area (Å²) in [7, 11) is 0. The molecule has 0 heterocycles. The zero-order valence-electron chi connectivity index (χ0n) is 10.4. The van der Waals surface area contributed by atoms with Gasteiger partial charge >= 0.3 is 0 Å². The topological polar surface area (TPSA) is 49.3 Å². The molecule has 2 rings (SSSR count). The van der Waals surface area contributed by atoms with Crippen molar-refractivity contribution in [2.45, 2.75) is 26.2 Å². The fourth-order valence-corrected chi connectivity index (χ4v) is 2.68. The zero-order valence-corrected chi connectivity index (χ0v) is 11.2. The number of amides is 1. The van der Waals surface area contributed by atoms with Gasteiger partial charge in [-0.05, 0) is 42.9 Å². The molecular formula is C14H18ClNO2. The normalized spacial score (nSPS) is 23.0. The molecule has 18 heavy (non-hydrogen) atoms. The van der Waals surface area contributed by atoms with Crippen molar-refractivity contribution in [1.82, 2.24) is 5.32 Å². The van der Waals surface area contributed by atoms with Gasteiger partial charge in [0.1, 0.15) is 5.75 Å². The van der Waals surface area contributed by atoms with E-state index in [-0.39, 0.29) is 16.7 Å². The van der Waals surface area contributed by atoms with E-state index in [9.17, 15) is 9.90 Å². The number of nitrogens with one attached hydrogen (secondary N) is 1. The van der Waals surface area contributed by atoms with E-state index in [4.69, 9.17) is 11.6 Å². The van der Waals surface area contributed by atoms with Crippen molar-refractivity contribution in [2.75, 3.05) is 6.54 Å². The molecule has 0 spiro atoms. The molecule has 0 aromatic heterocycles. The summed E-state index contributed by atoms with van der Waals surface area (Å²) in [5.41, 5.74) is 0.490. The van der Waals surface area contributed by atoms with Crippen molar-refractivity contribution < 1.29 is 9.90 Å². The Kier molecular flexibility index (Phi) is 4.12. The van der Waals surface area contributed by atoms with Gasteiger partial charge in [-0.1, -0.05) is 24.9 Å². The van der Waals surface area contributed by atoms with Crippen LogP contribution in [0.3, 0.4) is 0 Å². The van der Waals surface area contributed by atoms with Gasteiger partial charge < -0.3 is 10.4 Å². The molecule has 0 radical (unpaired) electrons. The average Bonchev–Trinajstić information content (AvgIpc) is 2.75. The van der Waals surface area contributed by atoms with Crippen molar-refractivity contribution >= 4 is 17.5 Å². The summed E-state index contributed by atoms with van der Waals surface area (Å²) in [4.78, 5) is 11.9. The molecule has 98 valence electrons. The number of aromatic hydroxyl groups is 1. The minimum Gasteiger partial charge on any atom is -0.506 e. The molecular weight excluding hydrogens is 250 g/mol. The molecule has 1 aromatic rings. The second-order valence-electron chi connectivity index (χ2n) is 5.16. The van der Waals surface area contributed by atoms with Gasteiger partial charge in [-0.25, -0.2) is 0 Å². The largest absolute Gasteiger partial charge is 0.506 e. The Morgan fingerprint density at radius 3 is 2.89 bits per heavy atom. The molecule has 1 aliphatic carbocycles. The number of halogens is 1. The van der Waals surface area contributed by atoms with Crippen molar-refractivity contribution in [3.05, 3.63) is 28.8 Å². The first-order valence-corrected chi connectivity index (χ1v) is 6.70. The molecule has 1 saturated carbocycles. The van der Waals surface area contributed by atoms with Crippen LogP contribution in [0.4, 0.5) is 0 Å². The van der Waals surface area contributed by atoms with E-state index in [0.717, 1.165) is 12.5 Å². The summed E-state index contributed by atoms with van der Waals surface area (Å²) < 4.78 is 0. The summed E-state index contributed by atoms with van der Waals surface area (Å²) in [6.45, 7) is 2.98. The molecule has 3 nitrogen and oxygen atoms in total. The average molecular weight is 268 g/mol. The predicted octanol–water partition coefficient (Wildman–Crippen LogP) is 3.21. The molecule has 2 unspecified atom stereocenters. The maximum atomic E-state index is 11.9. The first-order valence-electron chi connectivity index (χ1n) is 6.33. The number of rotatable bonds is 3. The molecule has 2 atom stereocenters. The van der Waals surface area contributed by atoms with Crippen LogP contribution in [0, 0.1) is 11.8 Å². The van der Waals surface area contributed by atoms with Gasteiger partial charge in [-0.2, -0.15) is 0 Å². The minimum absolute atomic E-state index is 0.00201. The molecule has 0 bridgehead atoms. The van der Waals surface area contributed by atoms with Crippen LogP contribution in [0.5, 0.6) is 5.75 Å². The zero-order chi connectivity index (χ0) is 13.1. The van der Waals surface area contributed by atoms with Gasteiger partial charge in [0.2, 0.25) is 0 Å². The van der Waals surface area contributed by atoms with Crippen LogP contribution >= 0.6 is 11.6 Å². The molecule has 1 aromatic carbocycles. The molecule has 0 saturated heterocycles. The number of benzene rings is 1. The highest BCUT2D eigenvalue weighted by Gasteiger charge is 2.21. The van der Waals surface area contributed by atoms with Crippen LogP contribution in [-0.4, -0.2) is 17.6 Å². The third-order valence-electron chi connectivity index (χ3n) is 3.56. The minimum atomic E-state index is -0.128. The fraction of sp³-hybridized carbons (Fsp3) is 0.500. The lowest BCUT2D eigenvalue weighted by atomic mass is 10.1. The van der Waals surface area contributed by atoms with E-state index >= 15 is 0 Å².